The summed E-state index contributed by atoms with van der Waals surface area (Å²) in [5, 5.41) is 13.5. The van der Waals surface area contributed by atoms with Gasteiger partial charge in [0.05, 0.1) is 6.54 Å². The predicted octanol–water partition coefficient (Wildman–Crippen LogP) is 2.24. The minimum absolute atomic E-state index is 0.368. The second-order valence-corrected chi connectivity index (χ2v) is 6.23. The molecule has 1 aromatic heterocycles. The summed E-state index contributed by atoms with van der Waals surface area (Å²) in [5.74, 6) is 1.07. The number of likely N-dealkylation sites (tertiary alicyclic amines) is 1. The summed E-state index contributed by atoms with van der Waals surface area (Å²) < 4.78 is 5.21. The minimum atomic E-state index is -0.721. The van der Waals surface area contributed by atoms with Crippen molar-refractivity contribution >= 4 is 5.97 Å². The summed E-state index contributed by atoms with van der Waals surface area (Å²) in [5.41, 5.74) is 0. The van der Waals surface area contributed by atoms with Crippen LogP contribution in [0.3, 0.4) is 0 Å². The summed E-state index contributed by atoms with van der Waals surface area (Å²) in [6.45, 7) is 2.56. The number of aromatic nitrogens is 2. The molecule has 2 heterocycles. The van der Waals surface area contributed by atoms with E-state index in [0.29, 0.717) is 30.2 Å². The lowest BCUT2D eigenvalue weighted by Gasteiger charge is -2.32. The molecule has 6 heteroatoms. The number of hydrogen-bond donors (Lipinski definition) is 1. The van der Waals surface area contributed by atoms with Crippen LogP contribution in [0.1, 0.15) is 57.2 Å². The second kappa shape index (κ2) is 6.13. The normalized spacial score (nSPS) is 29.5. The Bertz CT molecular complexity index is 502. The van der Waals surface area contributed by atoms with Gasteiger partial charge >= 0.3 is 5.97 Å². The van der Waals surface area contributed by atoms with E-state index in [0.717, 1.165) is 32.1 Å². The number of hydrogen-bond acceptors (Lipinski definition) is 5. The van der Waals surface area contributed by atoms with E-state index in [-0.39, 0.29) is 0 Å². The third kappa shape index (κ3) is 2.95. The number of fused-ring (bicyclic) bond motifs is 1. The topological polar surface area (TPSA) is 79.5 Å². The molecule has 116 valence electrons. The monoisotopic (exact) mass is 293 g/mol. The first-order valence-corrected chi connectivity index (χ1v) is 7.99. The number of rotatable bonds is 5. The number of nitrogens with zero attached hydrogens (tertiary/aromatic N) is 3. The van der Waals surface area contributed by atoms with Gasteiger partial charge in [0.2, 0.25) is 5.89 Å². The molecule has 3 unspecified atom stereocenters. The van der Waals surface area contributed by atoms with Gasteiger partial charge in [-0.15, -0.1) is 0 Å². The van der Waals surface area contributed by atoms with Crippen LogP contribution >= 0.6 is 0 Å². The Morgan fingerprint density at radius 3 is 3.00 bits per heavy atom. The molecule has 2 fully saturated rings. The lowest BCUT2D eigenvalue weighted by atomic mass is 9.85. The molecule has 0 bridgehead atoms. The molecule has 1 N–H and O–H groups in total. The molecule has 6 nitrogen and oxygen atoms in total. The van der Waals surface area contributed by atoms with E-state index in [2.05, 4.69) is 22.0 Å². The van der Waals surface area contributed by atoms with Crippen LogP contribution in [0.15, 0.2) is 4.52 Å². The fourth-order valence-electron chi connectivity index (χ4n) is 3.86. The zero-order valence-corrected chi connectivity index (χ0v) is 12.5. The zero-order chi connectivity index (χ0) is 14.8. The van der Waals surface area contributed by atoms with Crippen molar-refractivity contribution in [3.8, 4) is 0 Å². The van der Waals surface area contributed by atoms with Crippen molar-refractivity contribution in [2.45, 2.75) is 70.5 Å². The van der Waals surface area contributed by atoms with Crippen LogP contribution in [0.2, 0.25) is 0 Å². The molecule has 1 saturated carbocycles. The Balaban J connectivity index is 1.74. The molecule has 21 heavy (non-hydrogen) atoms. The third-order valence-electron chi connectivity index (χ3n) is 4.80. The highest BCUT2D eigenvalue weighted by molar-refractivity contribution is 5.74. The van der Waals surface area contributed by atoms with Gasteiger partial charge in [0.1, 0.15) is 6.04 Å². The van der Waals surface area contributed by atoms with Crippen LogP contribution in [0.4, 0.5) is 0 Å². The molecule has 1 saturated heterocycles. The fraction of sp³-hybridized carbons (Fsp3) is 0.800. The smallest absolute Gasteiger partial charge is 0.320 e. The van der Waals surface area contributed by atoms with E-state index in [1.54, 1.807) is 0 Å². The summed E-state index contributed by atoms with van der Waals surface area (Å²) in [6.07, 6.45) is 7.17. The van der Waals surface area contributed by atoms with Crippen molar-refractivity contribution in [1.82, 2.24) is 15.0 Å². The lowest BCUT2D eigenvalue weighted by Crippen LogP contribution is -2.41. The van der Waals surface area contributed by atoms with Gasteiger partial charge in [0, 0.05) is 12.5 Å². The van der Waals surface area contributed by atoms with E-state index in [1.807, 2.05) is 0 Å². The number of carbonyl (C=O) groups is 1. The molecule has 2 aliphatic rings. The minimum Gasteiger partial charge on any atom is -0.480 e. The number of aliphatic carboxylic acids is 1. The Hall–Kier alpha value is -1.43. The van der Waals surface area contributed by atoms with Crippen LogP contribution < -0.4 is 0 Å². The van der Waals surface area contributed by atoms with Crippen molar-refractivity contribution in [3.63, 3.8) is 0 Å². The zero-order valence-electron chi connectivity index (χ0n) is 12.5. The maximum atomic E-state index is 11.5. The maximum Gasteiger partial charge on any atom is 0.320 e. The molecule has 0 amide bonds. The molecule has 1 aliphatic heterocycles. The molecule has 3 atom stereocenters. The van der Waals surface area contributed by atoms with Crippen LogP contribution in [0.5, 0.6) is 0 Å². The van der Waals surface area contributed by atoms with E-state index >= 15 is 0 Å². The van der Waals surface area contributed by atoms with E-state index in [9.17, 15) is 9.90 Å². The largest absolute Gasteiger partial charge is 0.480 e. The first kappa shape index (κ1) is 14.5. The van der Waals surface area contributed by atoms with Gasteiger partial charge < -0.3 is 9.63 Å². The average Bonchev–Trinajstić information content (AvgIpc) is 3.05. The van der Waals surface area contributed by atoms with Crippen molar-refractivity contribution in [3.05, 3.63) is 11.7 Å². The predicted molar refractivity (Wildman–Crippen MR) is 75.6 cm³/mol. The van der Waals surface area contributed by atoms with Crippen LogP contribution in [-0.2, 0) is 17.8 Å². The molecule has 1 aromatic rings. The van der Waals surface area contributed by atoms with Gasteiger partial charge in [-0.3, -0.25) is 9.69 Å². The quantitative estimate of drug-likeness (QED) is 0.897. The molecule has 1 aliphatic carbocycles. The molecular formula is C15H23N3O3. The van der Waals surface area contributed by atoms with Crippen LogP contribution in [0.25, 0.3) is 0 Å². The summed E-state index contributed by atoms with van der Waals surface area (Å²) in [7, 11) is 0. The highest BCUT2D eigenvalue weighted by atomic mass is 16.5. The Labute approximate surface area is 124 Å². The van der Waals surface area contributed by atoms with Crippen LogP contribution in [0, 0.1) is 5.92 Å². The van der Waals surface area contributed by atoms with Gasteiger partial charge in [0.15, 0.2) is 5.82 Å². The van der Waals surface area contributed by atoms with Crippen molar-refractivity contribution in [1.29, 1.82) is 0 Å². The highest BCUT2D eigenvalue weighted by Gasteiger charge is 2.45. The molecular weight excluding hydrogens is 270 g/mol. The average molecular weight is 293 g/mol. The number of aryl methyl sites for hydroxylation is 1. The summed E-state index contributed by atoms with van der Waals surface area (Å²) in [4.78, 5) is 18.0. The lowest BCUT2D eigenvalue weighted by molar-refractivity contribution is -0.143. The van der Waals surface area contributed by atoms with Gasteiger partial charge in [0.25, 0.3) is 0 Å². The van der Waals surface area contributed by atoms with Gasteiger partial charge in [-0.05, 0) is 31.6 Å². The Morgan fingerprint density at radius 1 is 1.43 bits per heavy atom. The first-order chi connectivity index (χ1) is 10.2. The standard InChI is InChI=1S/C15H23N3O3/c1-2-5-14-16-13(17-21-14)9-18-11-7-4-3-6-10(11)8-12(18)15(19)20/h10-12H,2-9H2,1H3,(H,19,20). The highest BCUT2D eigenvalue weighted by Crippen LogP contribution is 2.40. The van der Waals surface area contributed by atoms with Crippen molar-refractivity contribution in [2.75, 3.05) is 0 Å². The summed E-state index contributed by atoms with van der Waals surface area (Å²) >= 11 is 0. The first-order valence-electron chi connectivity index (χ1n) is 7.99. The van der Waals surface area contributed by atoms with Crippen molar-refractivity contribution < 1.29 is 14.4 Å². The van der Waals surface area contributed by atoms with E-state index < -0.39 is 12.0 Å². The Kier molecular flexibility index (Phi) is 4.24. The second-order valence-electron chi connectivity index (χ2n) is 6.23. The van der Waals surface area contributed by atoms with E-state index in [1.165, 1.54) is 12.8 Å². The molecule has 0 spiro atoms. The van der Waals surface area contributed by atoms with Gasteiger partial charge in [-0.2, -0.15) is 4.98 Å². The third-order valence-corrected chi connectivity index (χ3v) is 4.80. The van der Waals surface area contributed by atoms with Crippen molar-refractivity contribution in [2.24, 2.45) is 5.92 Å². The molecule has 0 aromatic carbocycles. The molecule has 0 radical (unpaired) electrons. The fourth-order valence-corrected chi connectivity index (χ4v) is 3.86. The molecule has 3 rings (SSSR count). The SMILES string of the molecule is CCCc1nc(CN2C(C(=O)O)CC3CCCCC32)no1. The number of carboxylic acids is 1. The van der Waals surface area contributed by atoms with Gasteiger partial charge in [-0.1, -0.05) is 24.9 Å². The maximum absolute atomic E-state index is 11.5. The van der Waals surface area contributed by atoms with Crippen LogP contribution in [-0.4, -0.2) is 38.2 Å². The Morgan fingerprint density at radius 2 is 2.24 bits per heavy atom. The summed E-state index contributed by atoms with van der Waals surface area (Å²) in [6, 6.07) is -0.0285. The number of carboxylic acid groups (broad SMARTS) is 1. The van der Waals surface area contributed by atoms with E-state index in [4.69, 9.17) is 4.52 Å². The van der Waals surface area contributed by atoms with Gasteiger partial charge in [-0.25, -0.2) is 0 Å².